The van der Waals surface area contributed by atoms with Crippen LogP contribution in [0.1, 0.15) is 0 Å². The molecule has 0 atom stereocenters. The number of rotatable bonds is 7. The van der Waals surface area contributed by atoms with Gasteiger partial charge in [0.05, 0.1) is 17.1 Å². The van der Waals surface area contributed by atoms with Gasteiger partial charge in [0, 0.05) is 34.3 Å². The van der Waals surface area contributed by atoms with Crippen molar-refractivity contribution in [1.29, 1.82) is 0 Å². The molecule has 0 unspecified atom stereocenters. The fraction of sp³-hybridized carbons (Fsp3) is 0. The molecule has 0 bridgehead atoms. The van der Waals surface area contributed by atoms with Gasteiger partial charge < -0.3 is 5.32 Å². The van der Waals surface area contributed by atoms with E-state index in [-0.39, 0.29) is 0 Å². The highest BCUT2D eigenvalue weighted by Gasteiger charge is 2.14. The topological polar surface area (TPSA) is 37.8 Å². The molecule has 204 valence electrons. The number of hydrogen-bond acceptors (Lipinski definition) is 3. The van der Waals surface area contributed by atoms with Gasteiger partial charge in [-0.1, -0.05) is 127 Å². The van der Waals surface area contributed by atoms with Crippen LogP contribution in [-0.2, 0) is 0 Å². The molecule has 7 rings (SSSR count). The number of nitrogens with zero attached hydrogens (tertiary/aromatic N) is 2. The highest BCUT2D eigenvalue weighted by molar-refractivity contribution is 5.87. The first kappa shape index (κ1) is 26.1. The summed E-state index contributed by atoms with van der Waals surface area (Å²) in [6.45, 7) is 0. The van der Waals surface area contributed by atoms with Crippen LogP contribution in [0.3, 0.4) is 0 Å². The maximum atomic E-state index is 5.18. The van der Waals surface area contributed by atoms with E-state index in [1.54, 1.807) is 0 Å². The molecular formula is C40H29N3. The van der Waals surface area contributed by atoms with Gasteiger partial charge in [0.1, 0.15) is 0 Å². The minimum atomic E-state index is 0.907. The normalized spacial score (nSPS) is 10.8. The number of nitrogens with one attached hydrogen (secondary N) is 1. The SMILES string of the molecule is c1ccc(-c2ccnc(-c3ccccc3Nc3ccccc3-c3cc(-c4ccccc4)cc(-c4ccccc4)n3)c2)cc1. The maximum Gasteiger partial charge on any atom is 0.0736 e. The molecule has 0 fully saturated rings. The molecule has 0 aliphatic carbocycles. The molecule has 0 saturated heterocycles. The first-order chi connectivity index (χ1) is 21.3. The third-order valence-electron chi connectivity index (χ3n) is 7.54. The highest BCUT2D eigenvalue weighted by atomic mass is 14.9. The van der Waals surface area contributed by atoms with Crippen LogP contribution in [0.2, 0.25) is 0 Å². The summed E-state index contributed by atoms with van der Waals surface area (Å²) in [5, 5.41) is 3.74. The van der Waals surface area contributed by atoms with Crippen LogP contribution in [0, 0.1) is 0 Å². The summed E-state index contributed by atoms with van der Waals surface area (Å²) in [5.74, 6) is 0. The maximum absolute atomic E-state index is 5.18. The quantitative estimate of drug-likeness (QED) is 0.214. The molecule has 43 heavy (non-hydrogen) atoms. The molecule has 0 amide bonds. The van der Waals surface area contributed by atoms with Crippen LogP contribution in [0.5, 0.6) is 0 Å². The van der Waals surface area contributed by atoms with E-state index in [0.717, 1.165) is 61.8 Å². The zero-order valence-corrected chi connectivity index (χ0v) is 23.6. The van der Waals surface area contributed by atoms with Crippen molar-refractivity contribution in [2.45, 2.75) is 0 Å². The molecule has 0 saturated carbocycles. The largest absolute Gasteiger partial charge is 0.354 e. The molecular weight excluding hydrogens is 522 g/mol. The number of anilines is 2. The lowest BCUT2D eigenvalue weighted by Crippen LogP contribution is -1.98. The van der Waals surface area contributed by atoms with Crippen molar-refractivity contribution in [3.05, 3.63) is 170 Å². The van der Waals surface area contributed by atoms with Gasteiger partial charge in [0.15, 0.2) is 0 Å². The Morgan fingerprint density at radius 3 is 1.44 bits per heavy atom. The van der Waals surface area contributed by atoms with Gasteiger partial charge in [-0.05, 0) is 58.7 Å². The zero-order valence-electron chi connectivity index (χ0n) is 23.6. The molecule has 0 aliphatic rings. The first-order valence-electron chi connectivity index (χ1n) is 14.4. The fourth-order valence-electron chi connectivity index (χ4n) is 5.39. The number of hydrogen-bond donors (Lipinski definition) is 1. The molecule has 0 spiro atoms. The second kappa shape index (κ2) is 12.0. The second-order valence-electron chi connectivity index (χ2n) is 10.4. The van der Waals surface area contributed by atoms with Crippen molar-refractivity contribution < 1.29 is 0 Å². The van der Waals surface area contributed by atoms with Crippen molar-refractivity contribution >= 4 is 11.4 Å². The van der Waals surface area contributed by atoms with E-state index < -0.39 is 0 Å². The molecule has 1 N–H and O–H groups in total. The number of para-hydroxylation sites is 2. The molecule has 0 radical (unpaired) electrons. The van der Waals surface area contributed by atoms with Gasteiger partial charge in [-0.3, -0.25) is 4.98 Å². The van der Waals surface area contributed by atoms with Crippen molar-refractivity contribution in [1.82, 2.24) is 9.97 Å². The van der Waals surface area contributed by atoms with E-state index in [9.17, 15) is 0 Å². The highest BCUT2D eigenvalue weighted by Crippen LogP contribution is 2.37. The van der Waals surface area contributed by atoms with Gasteiger partial charge in [-0.2, -0.15) is 0 Å². The Kier molecular flexibility index (Phi) is 7.27. The molecule has 3 heteroatoms. The molecule has 7 aromatic rings. The summed E-state index contributed by atoms with van der Waals surface area (Å²) in [6, 6.07) is 56.5. The predicted octanol–water partition coefficient (Wildman–Crippen LogP) is 10.6. The van der Waals surface area contributed by atoms with Crippen molar-refractivity contribution in [2.75, 3.05) is 5.32 Å². The molecule has 3 nitrogen and oxygen atoms in total. The van der Waals surface area contributed by atoms with E-state index in [2.05, 4.69) is 151 Å². The van der Waals surface area contributed by atoms with Crippen molar-refractivity contribution in [2.24, 2.45) is 0 Å². The minimum Gasteiger partial charge on any atom is -0.354 e. The van der Waals surface area contributed by atoms with E-state index in [1.807, 2.05) is 24.4 Å². The molecule has 0 aliphatic heterocycles. The average molecular weight is 552 g/mol. The lowest BCUT2D eigenvalue weighted by molar-refractivity contribution is 1.31. The number of benzene rings is 5. The van der Waals surface area contributed by atoms with Gasteiger partial charge in [-0.25, -0.2) is 4.98 Å². The Labute approximate surface area is 252 Å². The Balaban J connectivity index is 1.31. The Bertz CT molecular complexity index is 1930. The van der Waals surface area contributed by atoms with Crippen molar-refractivity contribution in [3.8, 4) is 56.0 Å². The van der Waals surface area contributed by atoms with Crippen molar-refractivity contribution in [3.63, 3.8) is 0 Å². The fourth-order valence-corrected chi connectivity index (χ4v) is 5.39. The molecule has 5 aromatic carbocycles. The van der Waals surface area contributed by atoms with Gasteiger partial charge in [0.25, 0.3) is 0 Å². The third kappa shape index (κ3) is 5.70. The lowest BCUT2D eigenvalue weighted by atomic mass is 9.99. The van der Waals surface area contributed by atoms with E-state index in [0.29, 0.717) is 0 Å². The Hall–Kier alpha value is -5.80. The summed E-state index contributed by atoms with van der Waals surface area (Å²) >= 11 is 0. The summed E-state index contributed by atoms with van der Waals surface area (Å²) in [7, 11) is 0. The number of aromatic nitrogens is 2. The summed E-state index contributed by atoms with van der Waals surface area (Å²) in [6.07, 6.45) is 1.88. The minimum absolute atomic E-state index is 0.907. The van der Waals surface area contributed by atoms with Crippen LogP contribution in [0.25, 0.3) is 56.0 Å². The van der Waals surface area contributed by atoms with Crippen LogP contribution >= 0.6 is 0 Å². The van der Waals surface area contributed by atoms with Crippen LogP contribution in [-0.4, -0.2) is 9.97 Å². The molecule has 2 heterocycles. The standard InChI is InChI=1S/C40H29N3/c1-4-14-29(15-5-1)32-24-25-41-39(26-32)34-20-10-12-22-36(34)42-37-23-13-11-21-35(37)40-28-33(30-16-6-2-7-17-30)27-38(43-40)31-18-8-3-9-19-31/h1-28,42H. The van der Waals surface area contributed by atoms with Gasteiger partial charge >= 0.3 is 0 Å². The van der Waals surface area contributed by atoms with Crippen LogP contribution in [0.4, 0.5) is 11.4 Å². The van der Waals surface area contributed by atoms with Gasteiger partial charge in [0.2, 0.25) is 0 Å². The average Bonchev–Trinajstić information content (AvgIpc) is 3.10. The first-order valence-corrected chi connectivity index (χ1v) is 14.4. The van der Waals surface area contributed by atoms with Gasteiger partial charge in [-0.15, -0.1) is 0 Å². The van der Waals surface area contributed by atoms with Crippen LogP contribution < -0.4 is 5.32 Å². The van der Waals surface area contributed by atoms with Crippen LogP contribution in [0.15, 0.2) is 170 Å². The van der Waals surface area contributed by atoms with E-state index in [1.165, 1.54) is 5.56 Å². The van der Waals surface area contributed by atoms with E-state index >= 15 is 0 Å². The Morgan fingerprint density at radius 2 is 0.814 bits per heavy atom. The predicted molar refractivity (Wildman–Crippen MR) is 179 cm³/mol. The smallest absolute Gasteiger partial charge is 0.0736 e. The summed E-state index contributed by atoms with van der Waals surface area (Å²) < 4.78 is 0. The monoisotopic (exact) mass is 551 g/mol. The second-order valence-corrected chi connectivity index (χ2v) is 10.4. The zero-order chi connectivity index (χ0) is 28.8. The Morgan fingerprint density at radius 1 is 0.349 bits per heavy atom. The summed E-state index contributed by atoms with van der Waals surface area (Å²) in [4.78, 5) is 9.93. The van der Waals surface area contributed by atoms with E-state index in [4.69, 9.17) is 9.97 Å². The molecule has 2 aromatic heterocycles. The third-order valence-corrected chi connectivity index (χ3v) is 7.54. The number of pyridine rings is 2. The lowest BCUT2D eigenvalue weighted by Gasteiger charge is -2.17. The summed E-state index contributed by atoms with van der Waals surface area (Å²) in [5.41, 5.74) is 12.4.